The molecule has 0 aliphatic carbocycles. The van der Waals surface area contributed by atoms with Gasteiger partial charge in [0.25, 0.3) is 5.91 Å². The number of carbonyl (C=O) groups excluding carboxylic acids is 1. The second kappa shape index (κ2) is 2.34. The van der Waals surface area contributed by atoms with Gasteiger partial charge in [-0.3, -0.25) is 8.88 Å². The van der Waals surface area contributed by atoms with Crippen LogP contribution in [-0.4, -0.2) is 9.99 Å². The molecule has 1 aromatic rings. The normalized spacial score (nSPS) is 9.80. The SMILES string of the molecule is Cc1ccc(C(N)=O)n1Cl. The zero-order valence-electron chi connectivity index (χ0n) is 5.47. The average molecular weight is 159 g/mol. The molecule has 3 nitrogen and oxygen atoms in total. The fourth-order valence-electron chi connectivity index (χ4n) is 0.699. The highest BCUT2D eigenvalue weighted by molar-refractivity contribution is 6.18. The van der Waals surface area contributed by atoms with Crippen LogP contribution >= 0.6 is 11.8 Å². The number of nitrogens with zero attached hydrogens (tertiary/aromatic N) is 1. The van der Waals surface area contributed by atoms with Crippen molar-refractivity contribution in [3.8, 4) is 0 Å². The predicted octanol–water partition coefficient (Wildman–Crippen LogP) is 0.897. The summed E-state index contributed by atoms with van der Waals surface area (Å²) in [5.74, 6) is -0.511. The molecular formula is C6H7ClN2O. The van der Waals surface area contributed by atoms with Gasteiger partial charge in [-0.05, 0) is 19.1 Å². The van der Waals surface area contributed by atoms with Gasteiger partial charge < -0.3 is 5.73 Å². The molecule has 1 heterocycles. The van der Waals surface area contributed by atoms with Crippen molar-refractivity contribution >= 4 is 17.7 Å². The van der Waals surface area contributed by atoms with E-state index in [2.05, 4.69) is 0 Å². The Hall–Kier alpha value is -0.960. The highest BCUT2D eigenvalue weighted by Gasteiger charge is 2.06. The van der Waals surface area contributed by atoms with Gasteiger partial charge in [0, 0.05) is 17.5 Å². The van der Waals surface area contributed by atoms with Crippen molar-refractivity contribution in [3.63, 3.8) is 0 Å². The van der Waals surface area contributed by atoms with Crippen LogP contribution < -0.4 is 5.73 Å². The Morgan fingerprint density at radius 3 is 2.50 bits per heavy atom. The highest BCUT2D eigenvalue weighted by Crippen LogP contribution is 2.08. The summed E-state index contributed by atoms with van der Waals surface area (Å²) in [4.78, 5) is 10.6. The van der Waals surface area contributed by atoms with Crippen LogP contribution in [0.25, 0.3) is 0 Å². The zero-order chi connectivity index (χ0) is 7.72. The maximum absolute atomic E-state index is 10.6. The Balaban J connectivity index is 3.17. The number of amides is 1. The van der Waals surface area contributed by atoms with Crippen LogP contribution in [0.1, 0.15) is 16.2 Å². The first-order valence-electron chi connectivity index (χ1n) is 2.77. The van der Waals surface area contributed by atoms with E-state index in [4.69, 9.17) is 17.5 Å². The largest absolute Gasteiger partial charge is 0.364 e. The first-order chi connectivity index (χ1) is 4.63. The van der Waals surface area contributed by atoms with E-state index in [0.29, 0.717) is 5.69 Å². The number of carbonyl (C=O) groups is 1. The smallest absolute Gasteiger partial charge is 0.266 e. The lowest BCUT2D eigenvalue weighted by molar-refractivity contribution is 0.0995. The van der Waals surface area contributed by atoms with Crippen molar-refractivity contribution in [2.24, 2.45) is 5.73 Å². The molecule has 0 aromatic carbocycles. The fraction of sp³-hybridized carbons (Fsp3) is 0.167. The van der Waals surface area contributed by atoms with Gasteiger partial charge in [0.05, 0.1) is 0 Å². The van der Waals surface area contributed by atoms with Crippen molar-refractivity contribution in [1.82, 2.24) is 4.09 Å². The molecule has 1 amide bonds. The molecule has 0 aliphatic heterocycles. The van der Waals surface area contributed by atoms with Gasteiger partial charge in [-0.1, -0.05) is 0 Å². The maximum Gasteiger partial charge on any atom is 0.266 e. The first-order valence-corrected chi connectivity index (χ1v) is 3.11. The second-order valence-corrected chi connectivity index (χ2v) is 2.34. The molecule has 2 N–H and O–H groups in total. The molecule has 0 saturated carbocycles. The van der Waals surface area contributed by atoms with Gasteiger partial charge >= 0.3 is 0 Å². The summed E-state index contributed by atoms with van der Waals surface area (Å²) in [6.45, 7) is 1.79. The van der Waals surface area contributed by atoms with Gasteiger partial charge in [0.1, 0.15) is 5.69 Å². The van der Waals surface area contributed by atoms with Crippen LogP contribution in [0.4, 0.5) is 0 Å². The monoisotopic (exact) mass is 158 g/mol. The number of hydrogen-bond acceptors (Lipinski definition) is 1. The lowest BCUT2D eigenvalue weighted by atomic mass is 10.4. The van der Waals surface area contributed by atoms with Gasteiger partial charge in [-0.25, -0.2) is 0 Å². The minimum atomic E-state index is -0.511. The van der Waals surface area contributed by atoms with Crippen LogP contribution in [0.3, 0.4) is 0 Å². The number of rotatable bonds is 1. The van der Waals surface area contributed by atoms with Crippen molar-refractivity contribution in [1.29, 1.82) is 0 Å². The van der Waals surface area contributed by atoms with Crippen LogP contribution in [0.5, 0.6) is 0 Å². The third kappa shape index (κ3) is 0.998. The number of hydrogen-bond donors (Lipinski definition) is 1. The average Bonchev–Trinajstić information content (AvgIpc) is 2.14. The number of nitrogens with two attached hydrogens (primary N) is 1. The summed E-state index contributed by atoms with van der Waals surface area (Å²) in [6.07, 6.45) is 0. The summed E-state index contributed by atoms with van der Waals surface area (Å²) in [7, 11) is 0. The van der Waals surface area contributed by atoms with Crippen LogP contribution in [-0.2, 0) is 0 Å². The molecule has 1 aromatic heterocycles. The summed E-state index contributed by atoms with van der Waals surface area (Å²) in [5, 5.41) is 0. The standard InChI is InChI=1S/C6H7ClN2O/c1-4-2-3-5(6(8)10)9(4)7/h2-3H,1H3,(H2,8,10). The number of primary amides is 1. The Kier molecular flexibility index (Phi) is 1.68. The van der Waals surface area contributed by atoms with Crippen molar-refractivity contribution < 1.29 is 4.79 Å². The van der Waals surface area contributed by atoms with E-state index in [1.807, 2.05) is 0 Å². The Bertz CT molecular complexity index is 267. The molecular weight excluding hydrogens is 152 g/mol. The quantitative estimate of drug-likeness (QED) is 0.649. The fourth-order valence-corrected chi connectivity index (χ4v) is 0.895. The van der Waals surface area contributed by atoms with Crippen molar-refractivity contribution in [3.05, 3.63) is 23.5 Å². The van der Waals surface area contributed by atoms with Crippen LogP contribution in [0, 0.1) is 6.92 Å². The summed E-state index contributed by atoms with van der Waals surface area (Å²) < 4.78 is 1.24. The molecule has 0 atom stereocenters. The lowest BCUT2D eigenvalue weighted by Crippen LogP contribution is -2.13. The van der Waals surface area contributed by atoms with Crippen molar-refractivity contribution in [2.45, 2.75) is 6.92 Å². The number of aryl methyl sites for hydroxylation is 1. The Labute approximate surface area is 63.5 Å². The van der Waals surface area contributed by atoms with E-state index < -0.39 is 5.91 Å². The zero-order valence-corrected chi connectivity index (χ0v) is 6.22. The predicted molar refractivity (Wildman–Crippen MR) is 38.9 cm³/mol. The summed E-state index contributed by atoms with van der Waals surface area (Å²) in [5.41, 5.74) is 6.10. The number of aromatic nitrogens is 1. The van der Waals surface area contributed by atoms with E-state index in [9.17, 15) is 4.79 Å². The summed E-state index contributed by atoms with van der Waals surface area (Å²) in [6, 6.07) is 3.32. The molecule has 0 fully saturated rings. The van der Waals surface area contributed by atoms with Gasteiger partial charge in [0.15, 0.2) is 0 Å². The van der Waals surface area contributed by atoms with E-state index >= 15 is 0 Å². The maximum atomic E-state index is 10.6. The molecule has 0 radical (unpaired) electrons. The topological polar surface area (TPSA) is 48.0 Å². The van der Waals surface area contributed by atoms with E-state index in [-0.39, 0.29) is 0 Å². The lowest BCUT2D eigenvalue weighted by Gasteiger charge is -1.95. The number of halogens is 1. The highest BCUT2D eigenvalue weighted by atomic mass is 35.5. The molecule has 0 unspecified atom stereocenters. The molecule has 0 aliphatic rings. The molecule has 4 heteroatoms. The third-order valence-corrected chi connectivity index (χ3v) is 1.70. The minimum absolute atomic E-state index is 0.319. The van der Waals surface area contributed by atoms with Gasteiger partial charge in [-0.2, -0.15) is 0 Å². The minimum Gasteiger partial charge on any atom is -0.364 e. The second-order valence-electron chi connectivity index (χ2n) is 2.01. The van der Waals surface area contributed by atoms with Crippen LogP contribution in [0.15, 0.2) is 12.1 Å². The molecule has 0 saturated heterocycles. The van der Waals surface area contributed by atoms with E-state index in [1.165, 1.54) is 4.09 Å². The first kappa shape index (κ1) is 7.15. The van der Waals surface area contributed by atoms with Crippen molar-refractivity contribution in [2.75, 3.05) is 0 Å². The van der Waals surface area contributed by atoms with Gasteiger partial charge in [0.2, 0.25) is 0 Å². The molecule has 1 rings (SSSR count). The third-order valence-electron chi connectivity index (χ3n) is 1.26. The Morgan fingerprint density at radius 2 is 2.30 bits per heavy atom. The molecule has 0 spiro atoms. The van der Waals surface area contributed by atoms with E-state index in [0.717, 1.165) is 5.69 Å². The Morgan fingerprint density at radius 1 is 1.70 bits per heavy atom. The molecule has 54 valence electrons. The van der Waals surface area contributed by atoms with E-state index in [1.54, 1.807) is 19.1 Å². The molecule has 0 bridgehead atoms. The van der Waals surface area contributed by atoms with Crippen LogP contribution in [0.2, 0.25) is 0 Å². The summed E-state index contributed by atoms with van der Waals surface area (Å²) >= 11 is 5.62. The van der Waals surface area contributed by atoms with Gasteiger partial charge in [-0.15, -0.1) is 0 Å². The molecule has 10 heavy (non-hydrogen) atoms.